The minimum atomic E-state index is -1.05. The van der Waals surface area contributed by atoms with Gasteiger partial charge in [0.25, 0.3) is 0 Å². The van der Waals surface area contributed by atoms with E-state index in [1.165, 1.54) is 13.2 Å². The zero-order chi connectivity index (χ0) is 18.3. The van der Waals surface area contributed by atoms with Crippen molar-refractivity contribution in [3.63, 3.8) is 0 Å². The summed E-state index contributed by atoms with van der Waals surface area (Å²) in [5.74, 6) is -1.38. The van der Waals surface area contributed by atoms with Crippen molar-refractivity contribution in [3.05, 3.63) is 47.5 Å². The maximum atomic E-state index is 12.4. The van der Waals surface area contributed by atoms with Crippen molar-refractivity contribution in [1.29, 1.82) is 0 Å². The summed E-state index contributed by atoms with van der Waals surface area (Å²) in [4.78, 5) is 24.6. The first-order valence-corrected chi connectivity index (χ1v) is 8.04. The molecule has 7 nitrogen and oxygen atoms in total. The summed E-state index contributed by atoms with van der Waals surface area (Å²) in [6, 6.07) is 10.0. The van der Waals surface area contributed by atoms with Gasteiger partial charge in [-0.15, -0.1) is 0 Å². The second-order valence-electron chi connectivity index (χ2n) is 6.07. The van der Waals surface area contributed by atoms with E-state index in [9.17, 15) is 14.7 Å². The monoisotopic (exact) mass is 356 g/mol. The fourth-order valence-corrected chi connectivity index (χ4v) is 3.36. The van der Waals surface area contributed by atoms with Crippen LogP contribution >= 0.6 is 0 Å². The van der Waals surface area contributed by atoms with Crippen LogP contribution in [0.4, 0.5) is 0 Å². The van der Waals surface area contributed by atoms with Crippen LogP contribution in [0.5, 0.6) is 23.0 Å². The molecule has 0 aromatic heterocycles. The fourth-order valence-electron chi connectivity index (χ4n) is 3.36. The van der Waals surface area contributed by atoms with Gasteiger partial charge >= 0.3 is 5.97 Å². The van der Waals surface area contributed by atoms with Crippen LogP contribution in [0.15, 0.2) is 36.4 Å². The number of cyclic esters (lactones) is 1. The van der Waals surface area contributed by atoms with E-state index in [-0.39, 0.29) is 24.9 Å². The Bertz CT molecular complexity index is 873. The second kappa shape index (κ2) is 6.25. The van der Waals surface area contributed by atoms with E-state index in [0.717, 1.165) is 0 Å². The summed E-state index contributed by atoms with van der Waals surface area (Å²) in [7, 11) is 1.53. The van der Waals surface area contributed by atoms with E-state index >= 15 is 0 Å². The minimum Gasteiger partial charge on any atom is -0.508 e. The van der Waals surface area contributed by atoms with Gasteiger partial charge in [0.05, 0.1) is 7.11 Å². The van der Waals surface area contributed by atoms with Gasteiger partial charge < -0.3 is 24.1 Å². The Labute approximate surface area is 149 Å². The topological polar surface area (TPSA) is 91.3 Å². The van der Waals surface area contributed by atoms with Gasteiger partial charge in [-0.25, -0.2) is 0 Å². The molecule has 0 saturated carbocycles. The van der Waals surface area contributed by atoms with Gasteiger partial charge in [0.1, 0.15) is 17.4 Å². The number of carbonyl (C=O) groups excluding carboxylic acids is 2. The zero-order valence-electron chi connectivity index (χ0n) is 13.9. The van der Waals surface area contributed by atoms with Crippen LogP contribution in [0.1, 0.15) is 17.0 Å². The first kappa shape index (κ1) is 16.3. The number of carbonyl (C=O) groups is 2. The number of fused-ring (bicyclic) bond motifs is 1. The fraction of sp³-hybridized carbons (Fsp3) is 0.263. The Morgan fingerprint density at radius 3 is 2.58 bits per heavy atom. The van der Waals surface area contributed by atoms with Gasteiger partial charge in [0, 0.05) is 17.5 Å². The van der Waals surface area contributed by atoms with Crippen LogP contribution in [0.3, 0.4) is 0 Å². The van der Waals surface area contributed by atoms with Crippen LogP contribution in [0.2, 0.25) is 0 Å². The predicted molar refractivity (Wildman–Crippen MR) is 88.5 cm³/mol. The van der Waals surface area contributed by atoms with E-state index in [0.29, 0.717) is 28.4 Å². The van der Waals surface area contributed by atoms with Crippen LogP contribution < -0.4 is 14.2 Å². The first-order valence-electron chi connectivity index (χ1n) is 8.04. The Morgan fingerprint density at radius 2 is 1.88 bits per heavy atom. The third-order valence-electron chi connectivity index (χ3n) is 4.60. The lowest BCUT2D eigenvalue weighted by Crippen LogP contribution is -2.25. The Kier molecular flexibility index (Phi) is 3.91. The van der Waals surface area contributed by atoms with Gasteiger partial charge in [-0.2, -0.15) is 0 Å². The predicted octanol–water partition coefficient (Wildman–Crippen LogP) is 2.00. The van der Waals surface area contributed by atoms with E-state index < -0.39 is 17.8 Å². The van der Waals surface area contributed by atoms with Gasteiger partial charge in [0.2, 0.25) is 6.79 Å². The molecule has 0 amide bonds. The first-order chi connectivity index (χ1) is 12.6. The molecular weight excluding hydrogens is 340 g/mol. The SMILES string of the molecule is COc1cccc([C@H](c2cc3c(cc2O)OCO3)[C@@H]2C(=O)COC2=O)c1. The highest BCUT2D eigenvalue weighted by atomic mass is 16.7. The molecule has 2 aromatic carbocycles. The van der Waals surface area contributed by atoms with Gasteiger partial charge in [0.15, 0.2) is 23.9 Å². The molecule has 0 unspecified atom stereocenters. The molecule has 2 atom stereocenters. The van der Waals surface area contributed by atoms with E-state index in [4.69, 9.17) is 18.9 Å². The smallest absolute Gasteiger partial charge is 0.318 e. The molecule has 134 valence electrons. The summed E-state index contributed by atoms with van der Waals surface area (Å²) in [6.07, 6.45) is 0. The van der Waals surface area contributed by atoms with Crippen molar-refractivity contribution in [3.8, 4) is 23.0 Å². The number of Topliss-reactive ketones (excluding diaryl/α,β-unsaturated/α-hetero) is 1. The largest absolute Gasteiger partial charge is 0.508 e. The summed E-state index contributed by atoms with van der Waals surface area (Å²) in [5, 5.41) is 10.5. The lowest BCUT2D eigenvalue weighted by atomic mass is 9.79. The molecule has 0 radical (unpaired) electrons. The average molecular weight is 356 g/mol. The van der Waals surface area contributed by atoms with Crippen LogP contribution in [-0.4, -0.2) is 37.4 Å². The molecule has 1 saturated heterocycles. The molecule has 1 N–H and O–H groups in total. The molecule has 7 heteroatoms. The third kappa shape index (κ3) is 2.61. The van der Waals surface area contributed by atoms with E-state index in [2.05, 4.69) is 0 Å². The minimum absolute atomic E-state index is 0.0481. The van der Waals surface area contributed by atoms with Crippen molar-refractivity contribution in [2.75, 3.05) is 20.5 Å². The number of benzene rings is 2. The number of ketones is 1. The van der Waals surface area contributed by atoms with Crippen molar-refractivity contribution in [2.24, 2.45) is 5.92 Å². The van der Waals surface area contributed by atoms with Crippen LogP contribution in [-0.2, 0) is 14.3 Å². The van der Waals surface area contributed by atoms with Gasteiger partial charge in [-0.3, -0.25) is 9.59 Å². The molecule has 0 aliphatic carbocycles. The summed E-state index contributed by atoms with van der Waals surface area (Å²) < 4.78 is 20.8. The standard InChI is InChI=1S/C19H16O7/c1-23-11-4-2-3-10(5-11)17(18-14(21)8-24-19(18)22)12-6-15-16(7-13(12)20)26-9-25-15/h2-7,17-18,20H,8-9H2,1H3/t17-,18+/m1/s1. The molecule has 0 spiro atoms. The summed E-state index contributed by atoms with van der Waals surface area (Å²) in [5.41, 5.74) is 1.04. The second-order valence-corrected chi connectivity index (χ2v) is 6.07. The number of ether oxygens (including phenoxy) is 4. The number of phenolic OH excluding ortho intramolecular Hbond substituents is 1. The molecule has 26 heavy (non-hydrogen) atoms. The van der Waals surface area contributed by atoms with Crippen LogP contribution in [0, 0.1) is 5.92 Å². The van der Waals surface area contributed by atoms with E-state index in [1.54, 1.807) is 30.3 Å². The normalized spacial score (nSPS) is 19.3. The molecule has 2 aromatic rings. The Morgan fingerprint density at radius 1 is 1.12 bits per heavy atom. The average Bonchev–Trinajstić information content (AvgIpc) is 3.23. The van der Waals surface area contributed by atoms with Crippen LogP contribution in [0.25, 0.3) is 0 Å². The molecular formula is C19H16O7. The molecule has 4 rings (SSSR count). The Balaban J connectivity index is 1.88. The van der Waals surface area contributed by atoms with Gasteiger partial charge in [-0.05, 0) is 23.8 Å². The number of aromatic hydroxyl groups is 1. The molecule has 2 aliphatic heterocycles. The highest BCUT2D eigenvalue weighted by Gasteiger charge is 2.44. The molecule has 1 fully saturated rings. The number of hydrogen-bond acceptors (Lipinski definition) is 7. The maximum absolute atomic E-state index is 12.4. The third-order valence-corrected chi connectivity index (χ3v) is 4.60. The lowest BCUT2D eigenvalue weighted by Gasteiger charge is -2.22. The summed E-state index contributed by atoms with van der Waals surface area (Å²) >= 11 is 0. The maximum Gasteiger partial charge on any atom is 0.318 e. The Hall–Kier alpha value is -3.22. The highest BCUT2D eigenvalue weighted by Crippen LogP contribution is 2.46. The molecule has 2 aliphatic rings. The zero-order valence-corrected chi connectivity index (χ0v) is 13.9. The summed E-state index contributed by atoms with van der Waals surface area (Å²) in [6.45, 7) is -0.220. The number of phenols is 1. The highest BCUT2D eigenvalue weighted by molar-refractivity contribution is 6.06. The quantitative estimate of drug-likeness (QED) is 0.662. The lowest BCUT2D eigenvalue weighted by molar-refractivity contribution is -0.141. The number of methoxy groups -OCH3 is 1. The van der Waals surface area contributed by atoms with Crippen molar-refractivity contribution in [2.45, 2.75) is 5.92 Å². The number of rotatable bonds is 4. The van der Waals surface area contributed by atoms with Crippen molar-refractivity contribution < 1.29 is 33.6 Å². The molecule has 2 heterocycles. The van der Waals surface area contributed by atoms with Crippen molar-refractivity contribution >= 4 is 11.8 Å². The number of hydrogen-bond donors (Lipinski definition) is 1. The van der Waals surface area contributed by atoms with Crippen molar-refractivity contribution in [1.82, 2.24) is 0 Å². The van der Waals surface area contributed by atoms with E-state index in [1.807, 2.05) is 0 Å². The molecule has 0 bridgehead atoms. The number of esters is 1. The van der Waals surface area contributed by atoms with Gasteiger partial charge in [-0.1, -0.05) is 12.1 Å².